The number of carbonyl (C=O) groups is 1. The third kappa shape index (κ3) is 4.87. The molecule has 4 rings (SSSR count). The molecule has 2 heteroatoms. The van der Waals surface area contributed by atoms with E-state index in [4.69, 9.17) is 0 Å². The van der Waals surface area contributed by atoms with Crippen LogP contribution in [0.4, 0.5) is 17.1 Å². The first-order valence-corrected chi connectivity index (χ1v) is 10.8. The number of aryl methyl sites for hydroxylation is 1. The minimum absolute atomic E-state index is 0.0826. The van der Waals surface area contributed by atoms with Crippen molar-refractivity contribution in [3.05, 3.63) is 126 Å². The number of benzene rings is 4. The van der Waals surface area contributed by atoms with E-state index in [1.54, 1.807) is 6.92 Å². The van der Waals surface area contributed by atoms with Crippen LogP contribution in [0.2, 0.25) is 0 Å². The monoisotopic (exact) mass is 417 g/mol. The Morgan fingerprint density at radius 3 is 1.88 bits per heavy atom. The molecule has 0 heterocycles. The molecule has 2 nitrogen and oxygen atoms in total. The van der Waals surface area contributed by atoms with Gasteiger partial charge in [0, 0.05) is 23.5 Å². The van der Waals surface area contributed by atoms with Gasteiger partial charge in [0.05, 0.1) is 0 Å². The number of ketones is 1. The number of allylic oxidation sites excluding steroid dienone is 1. The SMILES string of the molecule is C=C(C)C(=O)Cc1ccc(-c2ccc(N(c3ccccc3)c3cccc(C)c3)cc2)cc1. The Labute approximate surface area is 190 Å². The number of Topliss-reactive ketones (excluding diaryl/α,β-unsaturated/α-hetero) is 1. The molecular weight excluding hydrogens is 390 g/mol. The van der Waals surface area contributed by atoms with Crippen LogP contribution in [0.15, 0.2) is 115 Å². The molecule has 0 saturated carbocycles. The molecule has 0 unspecified atom stereocenters. The molecule has 0 aliphatic carbocycles. The molecule has 0 aromatic heterocycles. The molecule has 0 bridgehead atoms. The van der Waals surface area contributed by atoms with Crippen molar-refractivity contribution in [2.45, 2.75) is 20.3 Å². The summed E-state index contributed by atoms with van der Waals surface area (Å²) in [5, 5.41) is 0. The van der Waals surface area contributed by atoms with Crippen molar-refractivity contribution in [1.82, 2.24) is 0 Å². The molecule has 0 aliphatic rings. The fraction of sp³-hybridized carbons (Fsp3) is 0.100. The Hall–Kier alpha value is -3.91. The van der Waals surface area contributed by atoms with Crippen LogP contribution >= 0.6 is 0 Å². The normalized spacial score (nSPS) is 10.6. The molecule has 32 heavy (non-hydrogen) atoms. The maximum absolute atomic E-state index is 11.9. The van der Waals surface area contributed by atoms with Crippen molar-refractivity contribution in [3.8, 4) is 11.1 Å². The van der Waals surface area contributed by atoms with Crippen molar-refractivity contribution < 1.29 is 4.79 Å². The predicted octanol–water partition coefficient (Wildman–Crippen LogP) is 7.82. The molecule has 158 valence electrons. The highest BCUT2D eigenvalue weighted by atomic mass is 16.1. The van der Waals surface area contributed by atoms with E-state index in [9.17, 15) is 4.79 Å². The number of rotatable bonds is 7. The minimum atomic E-state index is 0.0826. The Morgan fingerprint density at radius 1 is 0.719 bits per heavy atom. The molecule has 0 N–H and O–H groups in total. The molecule has 4 aromatic rings. The van der Waals surface area contributed by atoms with Crippen molar-refractivity contribution in [3.63, 3.8) is 0 Å². The first kappa shape index (κ1) is 21.3. The van der Waals surface area contributed by atoms with Gasteiger partial charge in [-0.15, -0.1) is 0 Å². The molecule has 4 aromatic carbocycles. The van der Waals surface area contributed by atoms with E-state index in [0.717, 1.165) is 33.8 Å². The number of hydrogen-bond donors (Lipinski definition) is 0. The molecule has 0 fully saturated rings. The standard InChI is InChI=1S/C30H27NO/c1-22(2)30(32)21-24-12-14-25(15-13-24)26-16-18-28(19-17-26)31(27-9-5-4-6-10-27)29-11-7-8-23(3)20-29/h4-20H,1,21H2,2-3H3. The number of carbonyl (C=O) groups excluding carboxylic acids is 1. The maximum atomic E-state index is 11.9. The van der Waals surface area contributed by atoms with Gasteiger partial charge in [-0.05, 0) is 78.1 Å². The fourth-order valence-corrected chi connectivity index (χ4v) is 3.75. The summed E-state index contributed by atoms with van der Waals surface area (Å²) in [7, 11) is 0. The van der Waals surface area contributed by atoms with E-state index < -0.39 is 0 Å². The third-order valence-corrected chi connectivity index (χ3v) is 5.53. The second kappa shape index (κ2) is 9.49. The first-order chi connectivity index (χ1) is 15.5. The lowest BCUT2D eigenvalue weighted by Crippen LogP contribution is -2.09. The summed E-state index contributed by atoms with van der Waals surface area (Å²) >= 11 is 0. The van der Waals surface area contributed by atoms with Crippen LogP contribution in [-0.4, -0.2) is 5.78 Å². The van der Waals surface area contributed by atoms with Crippen molar-refractivity contribution in [2.75, 3.05) is 4.90 Å². The van der Waals surface area contributed by atoms with E-state index in [2.05, 4.69) is 103 Å². The zero-order valence-electron chi connectivity index (χ0n) is 18.6. The zero-order chi connectivity index (χ0) is 22.5. The molecule has 0 saturated heterocycles. The predicted molar refractivity (Wildman–Crippen MR) is 135 cm³/mol. The smallest absolute Gasteiger partial charge is 0.162 e. The second-order valence-corrected chi connectivity index (χ2v) is 8.13. The van der Waals surface area contributed by atoms with Gasteiger partial charge in [-0.25, -0.2) is 0 Å². The second-order valence-electron chi connectivity index (χ2n) is 8.13. The Bertz CT molecular complexity index is 1220. The van der Waals surface area contributed by atoms with Gasteiger partial charge in [-0.2, -0.15) is 0 Å². The summed E-state index contributed by atoms with van der Waals surface area (Å²) < 4.78 is 0. The lowest BCUT2D eigenvalue weighted by atomic mass is 10.00. The largest absolute Gasteiger partial charge is 0.310 e. The van der Waals surface area contributed by atoms with Gasteiger partial charge in [-0.3, -0.25) is 4.79 Å². The number of hydrogen-bond acceptors (Lipinski definition) is 2. The average molecular weight is 418 g/mol. The van der Waals surface area contributed by atoms with Gasteiger partial charge < -0.3 is 4.90 Å². The summed E-state index contributed by atoms with van der Waals surface area (Å²) in [5.74, 6) is 0.0826. The summed E-state index contributed by atoms with van der Waals surface area (Å²) in [6.45, 7) is 7.61. The van der Waals surface area contributed by atoms with Gasteiger partial charge in [0.25, 0.3) is 0 Å². The molecule has 0 aliphatic heterocycles. The maximum Gasteiger partial charge on any atom is 0.162 e. The number of anilines is 3. The summed E-state index contributed by atoms with van der Waals surface area (Å²) in [4.78, 5) is 14.2. The topological polar surface area (TPSA) is 20.3 Å². The summed E-state index contributed by atoms with van der Waals surface area (Å²) in [5.41, 5.74) is 8.47. The fourth-order valence-electron chi connectivity index (χ4n) is 3.75. The van der Waals surface area contributed by atoms with E-state index in [-0.39, 0.29) is 5.78 Å². The Balaban J connectivity index is 1.62. The van der Waals surface area contributed by atoms with Gasteiger partial charge in [0.2, 0.25) is 0 Å². The van der Waals surface area contributed by atoms with E-state index in [0.29, 0.717) is 12.0 Å². The lowest BCUT2D eigenvalue weighted by Gasteiger charge is -2.26. The van der Waals surface area contributed by atoms with Crippen LogP contribution in [0.3, 0.4) is 0 Å². The van der Waals surface area contributed by atoms with Crippen LogP contribution < -0.4 is 4.90 Å². The number of para-hydroxylation sites is 1. The van der Waals surface area contributed by atoms with Crippen LogP contribution in [0.5, 0.6) is 0 Å². The highest BCUT2D eigenvalue weighted by Gasteiger charge is 2.12. The molecule has 0 spiro atoms. The van der Waals surface area contributed by atoms with E-state index in [1.807, 2.05) is 18.2 Å². The molecule has 0 radical (unpaired) electrons. The average Bonchev–Trinajstić information content (AvgIpc) is 2.81. The minimum Gasteiger partial charge on any atom is -0.310 e. The first-order valence-electron chi connectivity index (χ1n) is 10.8. The van der Waals surface area contributed by atoms with Crippen molar-refractivity contribution >= 4 is 22.8 Å². The van der Waals surface area contributed by atoms with Crippen LogP contribution in [-0.2, 0) is 11.2 Å². The van der Waals surface area contributed by atoms with Crippen molar-refractivity contribution in [2.24, 2.45) is 0 Å². The zero-order valence-corrected chi connectivity index (χ0v) is 18.6. The van der Waals surface area contributed by atoms with Crippen LogP contribution in [0, 0.1) is 6.92 Å². The molecule has 0 atom stereocenters. The lowest BCUT2D eigenvalue weighted by molar-refractivity contribution is -0.114. The summed E-state index contributed by atoms with van der Waals surface area (Å²) in [6.07, 6.45) is 0.400. The quantitative estimate of drug-likeness (QED) is 0.286. The van der Waals surface area contributed by atoms with E-state index in [1.165, 1.54) is 5.56 Å². The highest BCUT2D eigenvalue weighted by Crippen LogP contribution is 2.35. The highest BCUT2D eigenvalue weighted by molar-refractivity contribution is 5.95. The van der Waals surface area contributed by atoms with Crippen LogP contribution in [0.25, 0.3) is 11.1 Å². The number of nitrogens with zero attached hydrogens (tertiary/aromatic N) is 1. The third-order valence-electron chi connectivity index (χ3n) is 5.53. The van der Waals surface area contributed by atoms with Crippen LogP contribution in [0.1, 0.15) is 18.1 Å². The van der Waals surface area contributed by atoms with E-state index >= 15 is 0 Å². The Kier molecular flexibility index (Phi) is 6.32. The molecule has 0 amide bonds. The Morgan fingerprint density at radius 2 is 1.28 bits per heavy atom. The van der Waals surface area contributed by atoms with Crippen molar-refractivity contribution in [1.29, 1.82) is 0 Å². The van der Waals surface area contributed by atoms with Gasteiger partial charge in [0.15, 0.2) is 5.78 Å². The van der Waals surface area contributed by atoms with Gasteiger partial charge >= 0.3 is 0 Å². The van der Waals surface area contributed by atoms with Gasteiger partial charge in [-0.1, -0.05) is 73.3 Å². The summed E-state index contributed by atoms with van der Waals surface area (Å²) in [6, 6.07) is 35.8. The molecular formula is C30H27NO. The van der Waals surface area contributed by atoms with Gasteiger partial charge in [0.1, 0.15) is 0 Å².